The smallest absolute Gasteiger partial charge is 0.131 e. The first kappa shape index (κ1) is 16.3. The van der Waals surface area contributed by atoms with Crippen molar-refractivity contribution in [2.24, 2.45) is 0 Å². The van der Waals surface area contributed by atoms with Crippen LogP contribution in [0.2, 0.25) is 5.02 Å². The predicted molar refractivity (Wildman–Crippen MR) is 83.9 cm³/mol. The van der Waals surface area contributed by atoms with Gasteiger partial charge in [0.1, 0.15) is 17.5 Å². The van der Waals surface area contributed by atoms with Crippen LogP contribution in [0.15, 0.2) is 33.2 Å². The number of hydrogen-bond acceptors (Lipinski definition) is 0. The minimum Gasteiger partial charge on any atom is -0.207 e. The molecule has 0 aliphatic rings. The highest BCUT2D eigenvalue weighted by Gasteiger charge is 2.23. The molecule has 1 atom stereocenters. The van der Waals surface area contributed by atoms with Crippen LogP contribution in [-0.4, -0.2) is 0 Å². The summed E-state index contributed by atoms with van der Waals surface area (Å²) in [4.78, 5) is -0.985. The highest BCUT2D eigenvalue weighted by molar-refractivity contribution is 9.11. The number of hydrogen-bond donors (Lipinski definition) is 0. The molecule has 2 aromatic rings. The van der Waals surface area contributed by atoms with Crippen LogP contribution in [0.1, 0.15) is 16.0 Å². The van der Waals surface area contributed by atoms with Crippen LogP contribution in [-0.2, 0) is 0 Å². The molecule has 106 valence electrons. The summed E-state index contributed by atoms with van der Waals surface area (Å²) >= 11 is 15.1. The van der Waals surface area contributed by atoms with E-state index in [0.29, 0.717) is 4.47 Å². The van der Waals surface area contributed by atoms with E-state index in [1.807, 2.05) is 0 Å². The lowest BCUT2D eigenvalue weighted by Crippen LogP contribution is -2.03. The van der Waals surface area contributed by atoms with E-state index in [4.69, 9.17) is 11.6 Å². The Kier molecular flexibility index (Phi) is 5.21. The summed E-state index contributed by atoms with van der Waals surface area (Å²) in [6.07, 6.45) is 0. The Labute approximate surface area is 143 Å². The van der Waals surface area contributed by atoms with Crippen LogP contribution < -0.4 is 0 Å². The fraction of sp³-hybridized carbons (Fsp3) is 0.0769. The third-order valence-corrected chi connectivity index (χ3v) is 5.22. The van der Waals surface area contributed by atoms with E-state index in [2.05, 4.69) is 47.8 Å². The van der Waals surface area contributed by atoms with E-state index < -0.39 is 22.3 Å². The van der Waals surface area contributed by atoms with Crippen molar-refractivity contribution in [3.05, 3.63) is 66.8 Å². The molecule has 0 aromatic heterocycles. The fourth-order valence-electron chi connectivity index (χ4n) is 1.68. The van der Waals surface area contributed by atoms with Crippen molar-refractivity contribution in [1.29, 1.82) is 0 Å². The second-order valence-corrected chi connectivity index (χ2v) is 7.03. The molecule has 0 N–H and O–H groups in total. The van der Waals surface area contributed by atoms with E-state index in [1.54, 1.807) is 0 Å². The molecule has 0 saturated heterocycles. The Morgan fingerprint density at radius 3 is 2.00 bits per heavy atom. The van der Waals surface area contributed by atoms with Gasteiger partial charge in [-0.1, -0.05) is 43.5 Å². The van der Waals surface area contributed by atoms with E-state index in [-0.39, 0.29) is 20.6 Å². The molecular formula is C13H5Br3ClF3. The lowest BCUT2D eigenvalue weighted by atomic mass is 10.0. The second kappa shape index (κ2) is 6.38. The maximum atomic E-state index is 13.9. The molecule has 0 spiro atoms. The first-order valence-corrected chi connectivity index (χ1v) is 8.12. The lowest BCUT2D eigenvalue weighted by molar-refractivity contribution is 0.554. The summed E-state index contributed by atoms with van der Waals surface area (Å²) in [6.45, 7) is 0. The molecule has 7 heteroatoms. The van der Waals surface area contributed by atoms with Gasteiger partial charge in [0.2, 0.25) is 0 Å². The average Bonchev–Trinajstić information content (AvgIpc) is 2.32. The summed E-state index contributed by atoms with van der Waals surface area (Å²) < 4.78 is 42.4. The molecule has 20 heavy (non-hydrogen) atoms. The summed E-state index contributed by atoms with van der Waals surface area (Å²) in [5.74, 6) is -2.18. The molecule has 2 aromatic carbocycles. The Balaban J connectivity index is 2.57. The third kappa shape index (κ3) is 3.24. The Bertz CT molecular complexity index is 653. The van der Waals surface area contributed by atoms with Gasteiger partial charge >= 0.3 is 0 Å². The van der Waals surface area contributed by atoms with Crippen LogP contribution in [0.4, 0.5) is 13.2 Å². The minimum absolute atomic E-state index is 0.0540. The molecule has 0 fully saturated rings. The van der Waals surface area contributed by atoms with E-state index >= 15 is 0 Å². The molecule has 0 bridgehead atoms. The van der Waals surface area contributed by atoms with Gasteiger partial charge in [0, 0.05) is 20.1 Å². The van der Waals surface area contributed by atoms with Crippen molar-refractivity contribution < 1.29 is 13.2 Å². The molecule has 0 amide bonds. The standard InChI is InChI=1S/C13H5Br3ClF3/c14-5-1-10(19)12(11(20)2-5)13(16)6-3-8(17)7(15)4-9(6)18/h1-4,13H. The first-order valence-electron chi connectivity index (χ1n) is 5.24. The quantitative estimate of drug-likeness (QED) is 0.320. The normalized spacial score (nSPS) is 12.6. The van der Waals surface area contributed by atoms with Gasteiger partial charge in [-0.25, -0.2) is 13.2 Å². The highest BCUT2D eigenvalue weighted by Crippen LogP contribution is 2.39. The summed E-state index contributed by atoms with van der Waals surface area (Å²) in [6, 6.07) is 4.71. The molecule has 1 unspecified atom stereocenters. The van der Waals surface area contributed by atoms with Crippen molar-refractivity contribution in [2.45, 2.75) is 4.83 Å². The predicted octanol–water partition coefficient (Wildman–Crippen LogP) is 6.77. The number of rotatable bonds is 2. The minimum atomic E-state index is -0.985. The molecule has 2 rings (SSSR count). The van der Waals surface area contributed by atoms with Crippen molar-refractivity contribution in [3.63, 3.8) is 0 Å². The van der Waals surface area contributed by atoms with Gasteiger partial charge in [0.25, 0.3) is 0 Å². The summed E-state index contributed by atoms with van der Waals surface area (Å²) in [7, 11) is 0. The van der Waals surface area contributed by atoms with Crippen LogP contribution in [0.5, 0.6) is 0 Å². The molecule has 0 heterocycles. The van der Waals surface area contributed by atoms with Crippen molar-refractivity contribution in [1.82, 2.24) is 0 Å². The monoisotopic (exact) mass is 490 g/mol. The van der Waals surface area contributed by atoms with Crippen LogP contribution >= 0.6 is 59.4 Å². The second-order valence-electron chi connectivity index (χ2n) is 3.93. The van der Waals surface area contributed by atoms with Gasteiger partial charge in [0.15, 0.2) is 0 Å². The maximum Gasteiger partial charge on any atom is 0.131 e. The molecule has 0 saturated carbocycles. The van der Waals surface area contributed by atoms with Gasteiger partial charge in [-0.15, -0.1) is 0 Å². The van der Waals surface area contributed by atoms with Crippen LogP contribution in [0, 0.1) is 17.5 Å². The Morgan fingerprint density at radius 1 is 0.900 bits per heavy atom. The maximum absolute atomic E-state index is 13.9. The van der Waals surface area contributed by atoms with Gasteiger partial charge in [-0.3, -0.25) is 0 Å². The first-order chi connectivity index (χ1) is 9.31. The van der Waals surface area contributed by atoms with Crippen molar-refractivity contribution in [3.8, 4) is 0 Å². The number of halogens is 7. The van der Waals surface area contributed by atoms with E-state index in [0.717, 1.165) is 18.2 Å². The van der Waals surface area contributed by atoms with E-state index in [9.17, 15) is 13.2 Å². The summed E-state index contributed by atoms with van der Waals surface area (Å²) in [5, 5.41) is 0.253. The Hall–Kier alpha value is -0.0400. The zero-order valence-corrected chi connectivity index (χ0v) is 15.0. The van der Waals surface area contributed by atoms with Gasteiger partial charge in [0.05, 0.1) is 9.85 Å². The molecule has 0 aliphatic heterocycles. The van der Waals surface area contributed by atoms with Crippen molar-refractivity contribution >= 4 is 59.4 Å². The molecule has 0 radical (unpaired) electrons. The fourth-order valence-corrected chi connectivity index (χ4v) is 3.36. The molecule has 0 nitrogen and oxygen atoms in total. The number of benzene rings is 2. The third-order valence-electron chi connectivity index (χ3n) is 2.61. The lowest BCUT2D eigenvalue weighted by Gasteiger charge is -2.15. The van der Waals surface area contributed by atoms with Crippen LogP contribution in [0.25, 0.3) is 0 Å². The zero-order valence-electron chi connectivity index (χ0n) is 9.53. The van der Waals surface area contributed by atoms with Gasteiger partial charge in [-0.2, -0.15) is 0 Å². The highest BCUT2D eigenvalue weighted by atomic mass is 79.9. The number of alkyl halides is 1. The zero-order chi connectivity index (χ0) is 15.0. The van der Waals surface area contributed by atoms with Crippen LogP contribution in [0.3, 0.4) is 0 Å². The Morgan fingerprint density at radius 2 is 1.45 bits per heavy atom. The SMILES string of the molecule is Fc1cc(Br)c(Cl)cc1C(Br)c1c(F)cc(Br)cc1F. The molecular weight excluding hydrogens is 488 g/mol. The topological polar surface area (TPSA) is 0 Å². The molecule has 0 aliphatic carbocycles. The summed E-state index contributed by atoms with van der Waals surface area (Å²) in [5.41, 5.74) is -0.219. The largest absolute Gasteiger partial charge is 0.207 e. The van der Waals surface area contributed by atoms with Gasteiger partial charge in [-0.05, 0) is 40.2 Å². The van der Waals surface area contributed by atoms with Gasteiger partial charge < -0.3 is 0 Å². The van der Waals surface area contributed by atoms with E-state index in [1.165, 1.54) is 6.07 Å². The average molecular weight is 493 g/mol. The van der Waals surface area contributed by atoms with Crippen molar-refractivity contribution in [2.75, 3.05) is 0 Å².